The van der Waals surface area contributed by atoms with E-state index in [1.807, 2.05) is 6.92 Å². The second-order valence-corrected chi connectivity index (χ2v) is 7.28. The van der Waals surface area contributed by atoms with E-state index in [0.29, 0.717) is 29.4 Å². The van der Waals surface area contributed by atoms with Crippen LogP contribution in [0.1, 0.15) is 25.3 Å². The number of nitrogens with one attached hydrogen (secondary N) is 2. The number of ether oxygens (including phenoxy) is 1. The van der Waals surface area contributed by atoms with Crippen LogP contribution in [0.2, 0.25) is 5.02 Å². The molecular formula is C18H24ClN3O5. The fraction of sp³-hybridized carbons (Fsp3) is 0.500. The Morgan fingerprint density at radius 2 is 2.07 bits per heavy atom. The minimum atomic E-state index is -0.919. The fourth-order valence-corrected chi connectivity index (χ4v) is 3.00. The molecule has 0 aromatic heterocycles. The molecule has 1 aromatic carbocycles. The Morgan fingerprint density at radius 3 is 2.67 bits per heavy atom. The summed E-state index contributed by atoms with van der Waals surface area (Å²) in [5, 5.41) is 15.1. The Morgan fingerprint density at radius 1 is 1.37 bits per heavy atom. The lowest BCUT2D eigenvalue weighted by Crippen LogP contribution is -2.41. The van der Waals surface area contributed by atoms with Crippen LogP contribution in [0.25, 0.3) is 0 Å². The standard InChI is InChI=1S/C18H24ClN3O5/c1-11-8-13(14(27-3)9-12(11)19)21-15(23)4-6-20-17(26)22-7-5-18(2,10-22)16(24)25/h8-9H,4-7,10H2,1-3H3,(H,20,26)(H,21,23)(H,24,25). The number of carboxylic acids is 1. The van der Waals surface area contributed by atoms with Crippen molar-refractivity contribution in [3.63, 3.8) is 0 Å². The van der Waals surface area contributed by atoms with Crippen molar-refractivity contribution >= 4 is 35.2 Å². The van der Waals surface area contributed by atoms with E-state index >= 15 is 0 Å². The first-order valence-electron chi connectivity index (χ1n) is 8.56. The zero-order valence-corrected chi connectivity index (χ0v) is 16.4. The van der Waals surface area contributed by atoms with Gasteiger partial charge in [0.25, 0.3) is 0 Å². The number of aryl methyl sites for hydroxylation is 1. The Hall–Kier alpha value is -2.48. The van der Waals surface area contributed by atoms with E-state index < -0.39 is 11.4 Å². The number of carbonyl (C=O) groups is 3. The Balaban J connectivity index is 1.82. The van der Waals surface area contributed by atoms with E-state index in [2.05, 4.69) is 10.6 Å². The molecule has 0 bridgehead atoms. The first-order valence-corrected chi connectivity index (χ1v) is 8.94. The molecule has 0 saturated carbocycles. The number of halogens is 1. The van der Waals surface area contributed by atoms with Crippen LogP contribution < -0.4 is 15.4 Å². The first-order chi connectivity index (χ1) is 12.7. The number of aliphatic carboxylic acids is 1. The second-order valence-electron chi connectivity index (χ2n) is 6.87. The highest BCUT2D eigenvalue weighted by Gasteiger charge is 2.42. The van der Waals surface area contributed by atoms with E-state index in [0.717, 1.165) is 5.56 Å². The minimum Gasteiger partial charge on any atom is -0.495 e. The van der Waals surface area contributed by atoms with Crippen molar-refractivity contribution in [1.29, 1.82) is 0 Å². The smallest absolute Gasteiger partial charge is 0.317 e. The van der Waals surface area contributed by atoms with Crippen molar-refractivity contribution < 1.29 is 24.2 Å². The quantitative estimate of drug-likeness (QED) is 0.683. The summed E-state index contributed by atoms with van der Waals surface area (Å²) in [5.41, 5.74) is 0.390. The Kier molecular flexibility index (Phi) is 6.54. The van der Waals surface area contributed by atoms with Gasteiger partial charge in [-0.1, -0.05) is 11.6 Å². The van der Waals surface area contributed by atoms with Crippen LogP contribution in [0.15, 0.2) is 12.1 Å². The molecule has 8 nitrogen and oxygen atoms in total. The summed E-state index contributed by atoms with van der Waals surface area (Å²) >= 11 is 6.04. The Labute approximate surface area is 162 Å². The van der Waals surface area contributed by atoms with E-state index in [9.17, 15) is 19.5 Å². The van der Waals surface area contributed by atoms with Gasteiger partial charge in [-0.2, -0.15) is 0 Å². The van der Waals surface area contributed by atoms with Gasteiger partial charge in [-0.25, -0.2) is 4.79 Å². The van der Waals surface area contributed by atoms with Gasteiger partial charge < -0.3 is 25.4 Å². The van der Waals surface area contributed by atoms with Crippen LogP contribution >= 0.6 is 11.6 Å². The number of carboxylic acid groups (broad SMARTS) is 1. The SMILES string of the molecule is COc1cc(Cl)c(C)cc1NC(=O)CCNC(=O)N1CCC(C)(C(=O)O)C1. The summed E-state index contributed by atoms with van der Waals surface area (Å²) in [6.45, 7) is 4.11. The van der Waals surface area contributed by atoms with Crippen LogP contribution in [0.4, 0.5) is 10.5 Å². The van der Waals surface area contributed by atoms with Crippen LogP contribution in [-0.4, -0.2) is 54.7 Å². The number of amides is 3. The molecule has 1 saturated heterocycles. The van der Waals surface area contributed by atoms with Gasteiger partial charge in [0, 0.05) is 37.1 Å². The van der Waals surface area contributed by atoms with Crippen molar-refractivity contribution in [3.05, 3.63) is 22.7 Å². The largest absolute Gasteiger partial charge is 0.495 e. The average Bonchev–Trinajstić information content (AvgIpc) is 3.02. The normalized spacial score (nSPS) is 18.9. The molecule has 3 N–H and O–H groups in total. The fourth-order valence-electron chi connectivity index (χ4n) is 2.85. The molecule has 1 aliphatic heterocycles. The molecule has 27 heavy (non-hydrogen) atoms. The molecule has 1 atom stereocenters. The number of anilines is 1. The number of hydrogen-bond donors (Lipinski definition) is 3. The molecule has 0 aliphatic carbocycles. The highest BCUT2D eigenvalue weighted by molar-refractivity contribution is 6.31. The summed E-state index contributed by atoms with van der Waals surface area (Å²) in [7, 11) is 1.48. The number of methoxy groups -OCH3 is 1. The molecule has 0 spiro atoms. The van der Waals surface area contributed by atoms with Crippen LogP contribution in [0.5, 0.6) is 5.75 Å². The average molecular weight is 398 g/mol. The molecule has 1 aliphatic rings. The molecule has 1 fully saturated rings. The third kappa shape index (κ3) is 5.03. The zero-order valence-electron chi connectivity index (χ0n) is 15.6. The van der Waals surface area contributed by atoms with Crippen molar-refractivity contribution in [2.75, 3.05) is 32.1 Å². The lowest BCUT2D eigenvalue weighted by Gasteiger charge is -2.20. The Bertz CT molecular complexity index is 755. The maximum atomic E-state index is 12.1. The van der Waals surface area contributed by atoms with Crippen molar-refractivity contribution in [2.45, 2.75) is 26.7 Å². The summed E-state index contributed by atoms with van der Waals surface area (Å²) in [6.07, 6.45) is 0.479. The van der Waals surface area contributed by atoms with Gasteiger partial charge in [0.05, 0.1) is 18.2 Å². The summed E-state index contributed by atoms with van der Waals surface area (Å²) in [6, 6.07) is 2.98. The van der Waals surface area contributed by atoms with Gasteiger partial charge in [-0.3, -0.25) is 9.59 Å². The molecule has 3 amide bonds. The maximum Gasteiger partial charge on any atom is 0.317 e. The lowest BCUT2D eigenvalue weighted by atomic mass is 9.90. The number of hydrogen-bond acceptors (Lipinski definition) is 4. The number of carbonyl (C=O) groups excluding carboxylic acids is 2. The maximum absolute atomic E-state index is 12.1. The van der Waals surface area contributed by atoms with Gasteiger partial charge in [-0.15, -0.1) is 0 Å². The number of likely N-dealkylation sites (tertiary alicyclic amines) is 1. The zero-order chi connectivity index (χ0) is 20.2. The van der Waals surface area contributed by atoms with E-state index in [-0.39, 0.29) is 31.4 Å². The molecule has 1 aromatic rings. The van der Waals surface area contributed by atoms with Crippen LogP contribution in [0.3, 0.4) is 0 Å². The third-order valence-electron chi connectivity index (χ3n) is 4.66. The topological polar surface area (TPSA) is 108 Å². The van der Waals surface area contributed by atoms with Gasteiger partial charge in [0.15, 0.2) is 0 Å². The van der Waals surface area contributed by atoms with E-state index in [1.54, 1.807) is 19.1 Å². The lowest BCUT2D eigenvalue weighted by molar-refractivity contribution is -0.147. The summed E-state index contributed by atoms with van der Waals surface area (Å²) in [5.74, 6) is -0.746. The molecular weight excluding hydrogens is 374 g/mol. The molecule has 2 rings (SSSR count). The number of rotatable bonds is 6. The number of urea groups is 1. The molecule has 1 unspecified atom stereocenters. The van der Waals surface area contributed by atoms with Gasteiger partial charge in [0.2, 0.25) is 5.91 Å². The number of benzene rings is 1. The summed E-state index contributed by atoms with van der Waals surface area (Å²) < 4.78 is 5.21. The third-order valence-corrected chi connectivity index (χ3v) is 5.07. The molecule has 148 valence electrons. The van der Waals surface area contributed by atoms with Crippen molar-refractivity contribution in [2.24, 2.45) is 5.41 Å². The molecule has 9 heteroatoms. The highest BCUT2D eigenvalue weighted by Crippen LogP contribution is 2.31. The van der Waals surface area contributed by atoms with Gasteiger partial charge >= 0.3 is 12.0 Å². The first kappa shape index (κ1) is 20.8. The van der Waals surface area contributed by atoms with Crippen molar-refractivity contribution in [1.82, 2.24) is 10.2 Å². The monoisotopic (exact) mass is 397 g/mol. The van der Waals surface area contributed by atoms with Crippen LogP contribution in [-0.2, 0) is 9.59 Å². The van der Waals surface area contributed by atoms with E-state index in [4.69, 9.17) is 16.3 Å². The highest BCUT2D eigenvalue weighted by atomic mass is 35.5. The predicted octanol–water partition coefficient (Wildman–Crippen LogP) is 2.49. The molecule has 1 heterocycles. The van der Waals surface area contributed by atoms with Crippen molar-refractivity contribution in [3.8, 4) is 5.75 Å². The number of nitrogens with zero attached hydrogens (tertiary/aromatic N) is 1. The predicted molar refractivity (Wildman–Crippen MR) is 101 cm³/mol. The molecule has 0 radical (unpaired) electrons. The second kappa shape index (κ2) is 8.47. The van der Waals surface area contributed by atoms with E-state index in [1.165, 1.54) is 12.0 Å². The minimum absolute atomic E-state index is 0.0700. The van der Waals surface area contributed by atoms with Gasteiger partial charge in [-0.05, 0) is 31.9 Å². The van der Waals surface area contributed by atoms with Crippen LogP contribution in [0, 0.1) is 12.3 Å². The van der Waals surface area contributed by atoms with Gasteiger partial charge in [0.1, 0.15) is 5.75 Å². The summed E-state index contributed by atoms with van der Waals surface area (Å²) in [4.78, 5) is 37.0.